The van der Waals surface area contributed by atoms with Crippen LogP contribution in [0.15, 0.2) is 0 Å². The Morgan fingerprint density at radius 3 is 2.00 bits per heavy atom. The molecule has 1 unspecified atom stereocenters. The summed E-state index contributed by atoms with van der Waals surface area (Å²) in [7, 11) is 0. The Kier molecular flexibility index (Phi) is 7.76. The van der Waals surface area contributed by atoms with Crippen molar-refractivity contribution in [2.45, 2.75) is 38.2 Å². The van der Waals surface area contributed by atoms with Crippen molar-refractivity contribution in [3.63, 3.8) is 0 Å². The molecule has 0 aliphatic rings. The second-order valence-electron chi connectivity index (χ2n) is 2.63. The summed E-state index contributed by atoms with van der Waals surface area (Å²) in [6.45, 7) is 8.91. The third-order valence-corrected chi connectivity index (χ3v) is 2.50. The highest BCUT2D eigenvalue weighted by Gasteiger charge is 2.05. The van der Waals surface area contributed by atoms with Gasteiger partial charge in [0.1, 0.15) is 0 Å². The molecule has 0 rings (SSSR count). The summed E-state index contributed by atoms with van der Waals surface area (Å²) in [5.41, 5.74) is 0. The smallest absolute Gasteiger partial charge is 0.0591 e. The molecule has 0 aliphatic carbocycles. The predicted octanol–water partition coefficient (Wildman–Crippen LogP) is 3.03. The molecule has 68 valence electrons. The minimum absolute atomic E-state index is 0.424. The zero-order valence-electron chi connectivity index (χ0n) is 7.71. The Labute approximate surface area is 80.5 Å². The van der Waals surface area contributed by atoms with E-state index in [1.165, 1.54) is 25.9 Å². The van der Waals surface area contributed by atoms with Gasteiger partial charge in [-0.25, -0.2) is 4.31 Å². The summed E-state index contributed by atoms with van der Waals surface area (Å²) in [4.78, 5) is 0. The van der Waals surface area contributed by atoms with Crippen molar-refractivity contribution in [1.29, 1.82) is 0 Å². The number of hydrogen-bond donors (Lipinski definition) is 1. The fourth-order valence-corrected chi connectivity index (χ4v) is 2.34. The van der Waals surface area contributed by atoms with Gasteiger partial charge in [0, 0.05) is 13.1 Å². The third kappa shape index (κ3) is 7.04. The van der Waals surface area contributed by atoms with Crippen LogP contribution in [0.4, 0.5) is 0 Å². The van der Waals surface area contributed by atoms with Crippen LogP contribution < -0.4 is 0 Å². The van der Waals surface area contributed by atoms with E-state index < -0.39 is 0 Å². The summed E-state index contributed by atoms with van der Waals surface area (Å²) in [6, 6.07) is 0. The lowest BCUT2D eigenvalue weighted by Gasteiger charge is -2.20. The van der Waals surface area contributed by atoms with Gasteiger partial charge in [-0.2, -0.15) is 12.6 Å². The van der Waals surface area contributed by atoms with Crippen LogP contribution in [0.2, 0.25) is 0 Å². The van der Waals surface area contributed by atoms with Crippen LogP contribution in [0.5, 0.6) is 0 Å². The van der Waals surface area contributed by atoms with E-state index >= 15 is 0 Å². The Morgan fingerprint density at radius 1 is 1.27 bits per heavy atom. The number of hydrogen-bond acceptors (Lipinski definition) is 3. The predicted molar refractivity (Wildman–Crippen MR) is 58.2 cm³/mol. The maximum absolute atomic E-state index is 4.34. The van der Waals surface area contributed by atoms with Gasteiger partial charge in [0.25, 0.3) is 0 Å². The lowest BCUT2D eigenvalue weighted by Crippen LogP contribution is -2.19. The van der Waals surface area contributed by atoms with E-state index in [2.05, 4.69) is 37.7 Å². The quantitative estimate of drug-likeness (QED) is 0.392. The van der Waals surface area contributed by atoms with Gasteiger partial charge >= 0.3 is 0 Å². The molecule has 0 aromatic rings. The molecular weight excluding hydrogens is 174 g/mol. The molecular formula is C8H19NS2. The van der Waals surface area contributed by atoms with Crippen molar-refractivity contribution >= 4 is 24.6 Å². The first-order valence-corrected chi connectivity index (χ1v) is 5.65. The molecule has 0 saturated heterocycles. The van der Waals surface area contributed by atoms with Crippen LogP contribution in [0, 0.1) is 0 Å². The van der Waals surface area contributed by atoms with E-state index in [4.69, 9.17) is 0 Å². The number of nitrogens with zero attached hydrogens (tertiary/aromatic N) is 1. The van der Waals surface area contributed by atoms with Gasteiger partial charge < -0.3 is 0 Å². The first-order chi connectivity index (χ1) is 5.20. The molecule has 0 heterocycles. The molecule has 0 fully saturated rings. The zero-order chi connectivity index (χ0) is 8.69. The fraction of sp³-hybridized carbons (Fsp3) is 1.00. The molecule has 0 N–H and O–H groups in total. The maximum Gasteiger partial charge on any atom is 0.0591 e. The summed E-state index contributed by atoms with van der Waals surface area (Å²) in [5, 5.41) is 0. The average Bonchev–Trinajstić information content (AvgIpc) is 1.87. The Hall–Kier alpha value is 0.660. The van der Waals surface area contributed by atoms with Gasteiger partial charge in [-0.15, -0.1) is 0 Å². The second kappa shape index (κ2) is 7.32. The van der Waals surface area contributed by atoms with Crippen LogP contribution in [-0.2, 0) is 0 Å². The lowest BCUT2D eigenvalue weighted by molar-refractivity contribution is 0.467. The molecule has 0 aliphatic heterocycles. The van der Waals surface area contributed by atoms with Gasteiger partial charge in [-0.1, -0.05) is 25.8 Å². The molecule has 0 radical (unpaired) electrons. The highest BCUT2D eigenvalue weighted by Crippen LogP contribution is 2.19. The topological polar surface area (TPSA) is 3.24 Å². The largest absolute Gasteiger partial charge is 0.250 e. The Balaban J connectivity index is 3.50. The van der Waals surface area contributed by atoms with Gasteiger partial charge in [0.15, 0.2) is 0 Å². The van der Waals surface area contributed by atoms with E-state index in [-0.39, 0.29) is 0 Å². The van der Waals surface area contributed by atoms with Crippen LogP contribution in [0.25, 0.3) is 0 Å². The normalized spacial score (nSPS) is 13.9. The molecule has 1 atom stereocenters. The third-order valence-electron chi connectivity index (χ3n) is 1.25. The Bertz CT molecular complexity index is 80.2. The van der Waals surface area contributed by atoms with Gasteiger partial charge in [-0.3, -0.25) is 0 Å². The first kappa shape index (κ1) is 11.7. The van der Waals surface area contributed by atoms with Crippen LogP contribution in [-0.4, -0.2) is 22.0 Å². The lowest BCUT2D eigenvalue weighted by atomic mass is 10.4. The molecule has 1 nitrogen and oxygen atoms in total. The van der Waals surface area contributed by atoms with E-state index in [0.717, 1.165) is 0 Å². The van der Waals surface area contributed by atoms with Gasteiger partial charge in [0.2, 0.25) is 0 Å². The van der Waals surface area contributed by atoms with E-state index in [9.17, 15) is 0 Å². The number of rotatable bonds is 6. The van der Waals surface area contributed by atoms with E-state index in [0.29, 0.717) is 4.58 Å². The highest BCUT2D eigenvalue weighted by atomic mass is 32.2. The molecule has 0 aromatic carbocycles. The monoisotopic (exact) mass is 193 g/mol. The molecule has 0 bridgehead atoms. The van der Waals surface area contributed by atoms with Crippen LogP contribution >= 0.6 is 24.6 Å². The molecule has 0 aromatic heterocycles. The zero-order valence-corrected chi connectivity index (χ0v) is 9.42. The maximum atomic E-state index is 4.34. The highest BCUT2D eigenvalue weighted by molar-refractivity contribution is 8.08. The Morgan fingerprint density at radius 2 is 1.73 bits per heavy atom. The standard InChI is InChI=1S/C8H19NS2/c1-4-6-9(7-5-2)11-8(3)10/h8,10H,4-7H2,1-3H3. The first-order valence-electron chi connectivity index (χ1n) is 4.30. The molecule has 3 heteroatoms. The van der Waals surface area contributed by atoms with Crippen molar-refractivity contribution < 1.29 is 0 Å². The average molecular weight is 193 g/mol. The minimum Gasteiger partial charge on any atom is -0.250 e. The molecule has 0 saturated carbocycles. The summed E-state index contributed by atoms with van der Waals surface area (Å²) in [6.07, 6.45) is 2.46. The summed E-state index contributed by atoms with van der Waals surface area (Å²) < 4.78 is 2.82. The number of thiol groups is 1. The van der Waals surface area contributed by atoms with Gasteiger partial charge in [0.05, 0.1) is 4.58 Å². The van der Waals surface area contributed by atoms with Crippen molar-refractivity contribution in [3.05, 3.63) is 0 Å². The van der Waals surface area contributed by atoms with E-state index in [1.54, 1.807) is 0 Å². The van der Waals surface area contributed by atoms with E-state index in [1.807, 2.05) is 11.9 Å². The summed E-state index contributed by atoms with van der Waals surface area (Å²) in [5.74, 6) is 0. The molecule has 0 amide bonds. The molecule has 11 heavy (non-hydrogen) atoms. The van der Waals surface area contributed by atoms with Crippen molar-refractivity contribution in [3.8, 4) is 0 Å². The fourth-order valence-electron chi connectivity index (χ4n) is 0.932. The summed E-state index contributed by atoms with van der Waals surface area (Å²) >= 11 is 6.19. The minimum atomic E-state index is 0.424. The SMILES string of the molecule is CCCN(CCC)SC(C)S. The second-order valence-corrected chi connectivity index (χ2v) is 5.19. The van der Waals surface area contributed by atoms with Crippen LogP contribution in [0.1, 0.15) is 33.6 Å². The van der Waals surface area contributed by atoms with Crippen molar-refractivity contribution in [2.24, 2.45) is 0 Å². The van der Waals surface area contributed by atoms with Crippen LogP contribution in [0.3, 0.4) is 0 Å². The molecule has 0 spiro atoms. The van der Waals surface area contributed by atoms with Crippen molar-refractivity contribution in [1.82, 2.24) is 4.31 Å². The van der Waals surface area contributed by atoms with Gasteiger partial charge in [-0.05, 0) is 19.8 Å². The van der Waals surface area contributed by atoms with Crippen molar-refractivity contribution in [2.75, 3.05) is 13.1 Å².